The molecule has 1 aliphatic heterocycles. The van der Waals surface area contributed by atoms with Crippen molar-refractivity contribution in [2.24, 2.45) is 0 Å². The van der Waals surface area contributed by atoms with E-state index in [1.165, 1.54) is 0 Å². The lowest BCUT2D eigenvalue weighted by Gasteiger charge is -1.98. The van der Waals surface area contributed by atoms with Crippen LogP contribution in [0.5, 0.6) is 11.5 Å². The van der Waals surface area contributed by atoms with Gasteiger partial charge in [-0.3, -0.25) is 0 Å². The maximum absolute atomic E-state index is 8.91. The summed E-state index contributed by atoms with van der Waals surface area (Å²) in [6.07, 6.45) is 0. The molecule has 0 radical (unpaired) electrons. The van der Waals surface area contributed by atoms with Crippen LogP contribution < -0.4 is 9.47 Å². The molecule has 2 N–H and O–H groups in total. The molecular weight excluding hydrogens is 160 g/mol. The quantitative estimate of drug-likeness (QED) is 0.630. The van der Waals surface area contributed by atoms with E-state index in [2.05, 4.69) is 0 Å². The van der Waals surface area contributed by atoms with Crippen molar-refractivity contribution in [3.8, 4) is 11.5 Å². The van der Waals surface area contributed by atoms with Crippen molar-refractivity contribution >= 4 is 0 Å². The summed E-state index contributed by atoms with van der Waals surface area (Å²) in [7, 11) is 0. The summed E-state index contributed by atoms with van der Waals surface area (Å²) in [4.78, 5) is 0. The number of hydrogen-bond donors (Lipinski definition) is 2. The molecule has 64 valence electrons. The van der Waals surface area contributed by atoms with E-state index in [4.69, 9.17) is 19.7 Å². The van der Waals surface area contributed by atoms with Crippen molar-refractivity contribution < 1.29 is 19.7 Å². The van der Waals surface area contributed by atoms with Crippen LogP contribution in [-0.2, 0) is 6.61 Å². The van der Waals surface area contributed by atoms with Gasteiger partial charge in [0.1, 0.15) is 0 Å². The maximum Gasteiger partial charge on any atom is 0.358 e. The second kappa shape index (κ2) is 2.66. The minimum Gasteiger partial charge on any atom is -0.428 e. The predicted molar refractivity (Wildman–Crippen MR) is 39.6 cm³/mol. The Bertz CT molecular complexity index is 297. The Kier molecular flexibility index (Phi) is 1.64. The molecular formula is C8H8O4. The maximum atomic E-state index is 8.91. The van der Waals surface area contributed by atoms with E-state index in [1.54, 1.807) is 18.2 Å². The van der Waals surface area contributed by atoms with Crippen molar-refractivity contribution in [2.45, 2.75) is 13.1 Å². The molecule has 0 aliphatic carbocycles. The molecule has 4 nitrogen and oxygen atoms in total. The van der Waals surface area contributed by atoms with E-state index in [9.17, 15) is 0 Å². The summed E-state index contributed by atoms with van der Waals surface area (Å²) in [6, 6.07) is 4.99. The first-order valence-corrected chi connectivity index (χ1v) is 3.55. The fourth-order valence-corrected chi connectivity index (χ4v) is 1.08. The first kappa shape index (κ1) is 7.39. The molecule has 0 aromatic heterocycles. The highest BCUT2D eigenvalue weighted by Gasteiger charge is 2.21. The Balaban J connectivity index is 2.35. The minimum absolute atomic E-state index is 0.0489. The number of aliphatic hydroxyl groups excluding tert-OH is 2. The molecule has 0 fully saturated rings. The van der Waals surface area contributed by atoms with E-state index in [-0.39, 0.29) is 6.61 Å². The fraction of sp³-hybridized carbons (Fsp3) is 0.250. The number of benzene rings is 1. The summed E-state index contributed by atoms with van der Waals surface area (Å²) in [5.74, 6) is 0.966. The molecule has 0 saturated carbocycles. The number of fused-ring (bicyclic) bond motifs is 1. The fourth-order valence-electron chi connectivity index (χ4n) is 1.08. The van der Waals surface area contributed by atoms with Gasteiger partial charge in [0.15, 0.2) is 11.5 Å². The van der Waals surface area contributed by atoms with Crippen molar-refractivity contribution in [2.75, 3.05) is 0 Å². The standard InChI is InChI=1S/C8H8O4/c9-4-5-1-2-6-7(3-5)12-8(10)11-6/h1-3,8-10H,4H2. The molecule has 1 heterocycles. The summed E-state index contributed by atoms with van der Waals surface area (Å²) >= 11 is 0. The Morgan fingerprint density at radius 2 is 2.00 bits per heavy atom. The molecule has 0 saturated heterocycles. The van der Waals surface area contributed by atoms with Gasteiger partial charge < -0.3 is 19.7 Å². The SMILES string of the molecule is OCc1ccc2c(c1)OC(O)O2. The van der Waals surface area contributed by atoms with Gasteiger partial charge in [-0.05, 0) is 17.7 Å². The summed E-state index contributed by atoms with van der Waals surface area (Å²) < 4.78 is 9.73. The van der Waals surface area contributed by atoms with Crippen LogP contribution in [0.4, 0.5) is 0 Å². The Labute approximate surface area is 69.0 Å². The molecule has 1 atom stereocenters. The van der Waals surface area contributed by atoms with Crippen molar-refractivity contribution in [3.05, 3.63) is 23.8 Å². The molecule has 1 aliphatic rings. The van der Waals surface area contributed by atoms with Gasteiger partial charge in [0.05, 0.1) is 6.61 Å². The van der Waals surface area contributed by atoms with Crippen LogP contribution in [-0.4, -0.2) is 16.7 Å². The van der Waals surface area contributed by atoms with E-state index in [0.717, 1.165) is 5.56 Å². The highest BCUT2D eigenvalue weighted by atomic mass is 16.8. The topological polar surface area (TPSA) is 58.9 Å². The van der Waals surface area contributed by atoms with Crippen LogP contribution in [0, 0.1) is 0 Å². The summed E-state index contributed by atoms with van der Waals surface area (Å²) in [6.45, 7) is -1.26. The predicted octanol–water partition coefficient (Wildman–Crippen LogP) is 0.226. The number of hydrogen-bond acceptors (Lipinski definition) is 4. The lowest BCUT2D eigenvalue weighted by atomic mass is 10.2. The van der Waals surface area contributed by atoms with E-state index < -0.39 is 6.48 Å². The molecule has 1 unspecified atom stereocenters. The molecule has 4 heteroatoms. The smallest absolute Gasteiger partial charge is 0.358 e. The van der Waals surface area contributed by atoms with Crippen molar-refractivity contribution in [1.82, 2.24) is 0 Å². The van der Waals surface area contributed by atoms with Crippen LogP contribution in [0.3, 0.4) is 0 Å². The first-order chi connectivity index (χ1) is 5.79. The molecule has 12 heavy (non-hydrogen) atoms. The van der Waals surface area contributed by atoms with Gasteiger partial charge >= 0.3 is 6.48 Å². The van der Waals surface area contributed by atoms with Crippen molar-refractivity contribution in [1.29, 1.82) is 0 Å². The van der Waals surface area contributed by atoms with Crippen LogP contribution in [0.25, 0.3) is 0 Å². The van der Waals surface area contributed by atoms with Crippen LogP contribution in [0.2, 0.25) is 0 Å². The Morgan fingerprint density at radius 3 is 2.75 bits per heavy atom. The van der Waals surface area contributed by atoms with Gasteiger partial charge in [-0.2, -0.15) is 0 Å². The third-order valence-electron chi connectivity index (χ3n) is 1.65. The Morgan fingerprint density at radius 1 is 1.25 bits per heavy atom. The zero-order valence-corrected chi connectivity index (χ0v) is 6.23. The van der Waals surface area contributed by atoms with Gasteiger partial charge in [-0.1, -0.05) is 6.07 Å². The first-order valence-electron chi connectivity index (χ1n) is 3.55. The molecule has 1 aromatic rings. The third kappa shape index (κ3) is 1.11. The van der Waals surface area contributed by atoms with Crippen LogP contribution in [0.15, 0.2) is 18.2 Å². The van der Waals surface area contributed by atoms with Crippen LogP contribution >= 0.6 is 0 Å². The Hall–Kier alpha value is -1.26. The number of aliphatic hydroxyl groups is 2. The van der Waals surface area contributed by atoms with Gasteiger partial charge in [-0.15, -0.1) is 0 Å². The summed E-state index contributed by atoms with van der Waals surface area (Å²) in [5.41, 5.74) is 0.728. The lowest BCUT2D eigenvalue weighted by Crippen LogP contribution is -2.15. The molecule has 2 rings (SSSR count). The normalized spacial score (nSPS) is 19.7. The average molecular weight is 168 g/mol. The van der Waals surface area contributed by atoms with Gasteiger partial charge in [0.25, 0.3) is 0 Å². The third-order valence-corrected chi connectivity index (χ3v) is 1.65. The minimum atomic E-state index is -1.21. The second-order valence-corrected chi connectivity index (χ2v) is 2.48. The monoisotopic (exact) mass is 168 g/mol. The van der Waals surface area contributed by atoms with Gasteiger partial charge in [-0.25, -0.2) is 0 Å². The number of rotatable bonds is 1. The molecule has 0 spiro atoms. The summed E-state index contributed by atoms with van der Waals surface area (Å²) in [5, 5.41) is 17.7. The van der Waals surface area contributed by atoms with Crippen molar-refractivity contribution in [3.63, 3.8) is 0 Å². The second-order valence-electron chi connectivity index (χ2n) is 2.48. The number of ether oxygens (including phenoxy) is 2. The highest BCUT2D eigenvalue weighted by molar-refractivity contribution is 5.44. The lowest BCUT2D eigenvalue weighted by molar-refractivity contribution is -0.133. The zero-order valence-electron chi connectivity index (χ0n) is 6.23. The van der Waals surface area contributed by atoms with Crippen LogP contribution in [0.1, 0.15) is 5.56 Å². The van der Waals surface area contributed by atoms with Gasteiger partial charge in [0.2, 0.25) is 0 Å². The molecule has 0 amide bonds. The van der Waals surface area contributed by atoms with Gasteiger partial charge in [0, 0.05) is 0 Å². The molecule has 0 bridgehead atoms. The average Bonchev–Trinajstić information content (AvgIpc) is 2.43. The van der Waals surface area contributed by atoms with E-state index >= 15 is 0 Å². The largest absolute Gasteiger partial charge is 0.428 e. The van der Waals surface area contributed by atoms with E-state index in [1.807, 2.05) is 0 Å². The van der Waals surface area contributed by atoms with E-state index in [0.29, 0.717) is 11.5 Å². The highest BCUT2D eigenvalue weighted by Crippen LogP contribution is 2.34. The molecule has 1 aromatic carbocycles. The zero-order chi connectivity index (χ0) is 8.55.